The molecule has 2 heterocycles. The van der Waals surface area contributed by atoms with Gasteiger partial charge in [-0.1, -0.05) is 6.07 Å². The molecule has 110 valence electrons. The molecule has 0 saturated carbocycles. The fourth-order valence-corrected chi connectivity index (χ4v) is 2.10. The summed E-state index contributed by atoms with van der Waals surface area (Å²) in [6, 6.07) is 11.7. The summed E-state index contributed by atoms with van der Waals surface area (Å²) in [6.45, 7) is 2.02. The van der Waals surface area contributed by atoms with Crippen molar-refractivity contribution in [2.24, 2.45) is 0 Å². The average molecular weight is 292 g/mol. The minimum Gasteiger partial charge on any atom is -0.497 e. The van der Waals surface area contributed by atoms with Gasteiger partial charge in [0, 0.05) is 18.0 Å². The molecule has 0 saturated heterocycles. The van der Waals surface area contributed by atoms with Gasteiger partial charge in [-0.05, 0) is 48.9 Å². The molecule has 0 N–H and O–H groups in total. The quantitative estimate of drug-likeness (QED) is 0.740. The highest BCUT2D eigenvalue weighted by atomic mass is 16.5. The minimum atomic E-state index is 0.660. The molecule has 0 unspecified atom stereocenters. The number of aromatic nitrogens is 4. The lowest BCUT2D eigenvalue weighted by molar-refractivity contribution is 0.414. The van der Waals surface area contributed by atoms with E-state index < -0.39 is 0 Å². The zero-order chi connectivity index (χ0) is 15.4. The maximum atomic E-state index is 5.28. The SMILES string of the molecule is COc1cc(C)cc(-c2ncn(/C=C\c3ccccn3)n2)c1. The van der Waals surface area contributed by atoms with E-state index in [9.17, 15) is 0 Å². The number of methoxy groups -OCH3 is 1. The molecule has 0 radical (unpaired) electrons. The highest BCUT2D eigenvalue weighted by Crippen LogP contribution is 2.23. The van der Waals surface area contributed by atoms with Crippen LogP contribution in [0.5, 0.6) is 5.75 Å². The lowest BCUT2D eigenvalue weighted by Crippen LogP contribution is -1.90. The Morgan fingerprint density at radius 1 is 1.14 bits per heavy atom. The first-order chi connectivity index (χ1) is 10.7. The third kappa shape index (κ3) is 3.20. The standard InChI is InChI=1S/C17H16N4O/c1-13-9-14(11-16(10-13)22-2)17-19-12-21(20-17)8-6-15-5-3-4-7-18-15/h3-12H,1-2H3/b8-6-. The molecule has 0 atom stereocenters. The monoisotopic (exact) mass is 292 g/mol. The Labute approximate surface area is 128 Å². The molecule has 5 nitrogen and oxygen atoms in total. The summed E-state index contributed by atoms with van der Waals surface area (Å²) in [5, 5.41) is 4.45. The number of hydrogen-bond acceptors (Lipinski definition) is 4. The maximum Gasteiger partial charge on any atom is 0.181 e. The van der Waals surface area contributed by atoms with Crippen molar-refractivity contribution in [3.63, 3.8) is 0 Å². The van der Waals surface area contributed by atoms with E-state index in [2.05, 4.69) is 15.1 Å². The van der Waals surface area contributed by atoms with Crippen LogP contribution < -0.4 is 4.74 Å². The molecular weight excluding hydrogens is 276 g/mol. The van der Waals surface area contributed by atoms with Gasteiger partial charge in [0.2, 0.25) is 0 Å². The number of ether oxygens (including phenoxy) is 1. The van der Waals surface area contributed by atoms with Gasteiger partial charge >= 0.3 is 0 Å². The molecule has 0 fully saturated rings. The van der Waals surface area contributed by atoms with Gasteiger partial charge < -0.3 is 4.74 Å². The van der Waals surface area contributed by atoms with Gasteiger partial charge in [-0.25, -0.2) is 9.67 Å². The van der Waals surface area contributed by atoms with Crippen LogP contribution in [0.4, 0.5) is 0 Å². The molecule has 0 spiro atoms. The van der Waals surface area contributed by atoms with Gasteiger partial charge in [-0.15, -0.1) is 5.10 Å². The zero-order valence-corrected chi connectivity index (χ0v) is 12.5. The second-order valence-electron chi connectivity index (χ2n) is 4.86. The van der Waals surface area contributed by atoms with Crippen molar-refractivity contribution in [2.75, 3.05) is 7.11 Å². The second kappa shape index (κ2) is 6.22. The third-order valence-corrected chi connectivity index (χ3v) is 3.14. The van der Waals surface area contributed by atoms with Crippen molar-refractivity contribution in [3.05, 3.63) is 60.2 Å². The summed E-state index contributed by atoms with van der Waals surface area (Å²) in [6.07, 6.45) is 7.14. The van der Waals surface area contributed by atoms with Gasteiger partial charge in [0.05, 0.1) is 12.8 Å². The molecule has 22 heavy (non-hydrogen) atoms. The zero-order valence-electron chi connectivity index (χ0n) is 12.5. The number of aryl methyl sites for hydroxylation is 1. The molecule has 1 aromatic carbocycles. The van der Waals surface area contributed by atoms with Gasteiger partial charge in [0.1, 0.15) is 12.1 Å². The average Bonchev–Trinajstić information content (AvgIpc) is 3.02. The van der Waals surface area contributed by atoms with E-state index in [1.807, 2.05) is 55.6 Å². The molecule has 0 amide bonds. The van der Waals surface area contributed by atoms with Crippen molar-refractivity contribution in [2.45, 2.75) is 6.92 Å². The van der Waals surface area contributed by atoms with Gasteiger partial charge in [0.25, 0.3) is 0 Å². The molecule has 0 aliphatic rings. The molecule has 3 rings (SSSR count). The number of benzene rings is 1. The first-order valence-corrected chi connectivity index (χ1v) is 6.91. The Morgan fingerprint density at radius 3 is 2.82 bits per heavy atom. The van der Waals surface area contributed by atoms with E-state index in [0.29, 0.717) is 5.82 Å². The van der Waals surface area contributed by atoms with Crippen LogP contribution in [0.3, 0.4) is 0 Å². The van der Waals surface area contributed by atoms with Gasteiger partial charge in [-0.2, -0.15) is 0 Å². The molecule has 0 aliphatic carbocycles. The van der Waals surface area contributed by atoms with Crippen molar-refractivity contribution < 1.29 is 4.74 Å². The molecule has 0 bridgehead atoms. The van der Waals surface area contributed by atoms with Crippen LogP contribution in [0.25, 0.3) is 23.7 Å². The third-order valence-electron chi connectivity index (χ3n) is 3.14. The molecule has 0 aliphatic heterocycles. The van der Waals surface area contributed by atoms with Crippen LogP contribution in [0.1, 0.15) is 11.3 Å². The van der Waals surface area contributed by atoms with Gasteiger partial charge in [-0.3, -0.25) is 4.98 Å². The molecular formula is C17H16N4O. The number of nitrogens with zero attached hydrogens (tertiary/aromatic N) is 4. The highest BCUT2D eigenvalue weighted by molar-refractivity contribution is 5.60. The normalized spacial score (nSPS) is 11.0. The van der Waals surface area contributed by atoms with E-state index in [-0.39, 0.29) is 0 Å². The fraction of sp³-hybridized carbons (Fsp3) is 0.118. The minimum absolute atomic E-state index is 0.660. The van der Waals surface area contributed by atoms with Gasteiger partial charge in [0.15, 0.2) is 5.82 Å². The summed E-state index contributed by atoms with van der Waals surface area (Å²) in [5.41, 5.74) is 2.91. The lowest BCUT2D eigenvalue weighted by Gasteiger charge is -2.03. The summed E-state index contributed by atoms with van der Waals surface area (Å²) in [5.74, 6) is 1.46. The van der Waals surface area contributed by atoms with Crippen LogP contribution >= 0.6 is 0 Å². The molecule has 2 aromatic heterocycles. The van der Waals surface area contributed by atoms with E-state index >= 15 is 0 Å². The van der Waals surface area contributed by atoms with Crippen molar-refractivity contribution >= 4 is 12.3 Å². The topological polar surface area (TPSA) is 52.8 Å². The van der Waals surface area contributed by atoms with Crippen LogP contribution in [0.2, 0.25) is 0 Å². The first-order valence-electron chi connectivity index (χ1n) is 6.91. The fourth-order valence-electron chi connectivity index (χ4n) is 2.10. The molecule has 3 aromatic rings. The number of rotatable bonds is 4. The Kier molecular flexibility index (Phi) is 3.96. The van der Waals surface area contributed by atoms with E-state index in [0.717, 1.165) is 22.6 Å². The van der Waals surface area contributed by atoms with E-state index in [1.54, 1.807) is 24.3 Å². The summed E-state index contributed by atoms with van der Waals surface area (Å²) >= 11 is 0. The maximum absolute atomic E-state index is 5.28. The number of hydrogen-bond donors (Lipinski definition) is 0. The largest absolute Gasteiger partial charge is 0.497 e. The van der Waals surface area contributed by atoms with Crippen LogP contribution in [-0.4, -0.2) is 26.9 Å². The van der Waals surface area contributed by atoms with E-state index in [4.69, 9.17) is 4.74 Å². The second-order valence-corrected chi connectivity index (χ2v) is 4.86. The smallest absolute Gasteiger partial charge is 0.181 e. The number of pyridine rings is 1. The molecule has 5 heteroatoms. The highest BCUT2D eigenvalue weighted by Gasteiger charge is 2.06. The summed E-state index contributed by atoms with van der Waals surface area (Å²) in [7, 11) is 1.65. The first kappa shape index (κ1) is 14.0. The van der Waals surface area contributed by atoms with E-state index in [1.165, 1.54) is 0 Å². The Balaban J connectivity index is 1.85. The summed E-state index contributed by atoms with van der Waals surface area (Å²) in [4.78, 5) is 8.57. The Bertz CT molecular complexity index is 793. The Morgan fingerprint density at radius 2 is 2.05 bits per heavy atom. The van der Waals surface area contributed by atoms with Crippen molar-refractivity contribution in [1.29, 1.82) is 0 Å². The predicted molar refractivity (Wildman–Crippen MR) is 86.2 cm³/mol. The van der Waals surface area contributed by atoms with Crippen LogP contribution in [-0.2, 0) is 0 Å². The van der Waals surface area contributed by atoms with Crippen LogP contribution in [0, 0.1) is 6.92 Å². The Hall–Kier alpha value is -2.95. The van der Waals surface area contributed by atoms with Crippen LogP contribution in [0.15, 0.2) is 48.9 Å². The summed E-state index contributed by atoms with van der Waals surface area (Å²) < 4.78 is 6.95. The van der Waals surface area contributed by atoms with Crippen molar-refractivity contribution in [1.82, 2.24) is 19.7 Å². The predicted octanol–water partition coefficient (Wildman–Crippen LogP) is 3.29. The van der Waals surface area contributed by atoms with Crippen molar-refractivity contribution in [3.8, 4) is 17.1 Å². The lowest BCUT2D eigenvalue weighted by atomic mass is 10.1.